The predicted octanol–water partition coefficient (Wildman–Crippen LogP) is 4.32. The molecule has 3 rings (SSSR count). The van der Waals surface area contributed by atoms with Gasteiger partial charge in [0.1, 0.15) is 0 Å². The van der Waals surface area contributed by atoms with Crippen molar-refractivity contribution in [1.29, 1.82) is 0 Å². The highest BCUT2D eigenvalue weighted by molar-refractivity contribution is 5.95. The SMILES string of the molecule is CCOc1ccc(C(=O)NC(C)c2ccc(NC(=O)C3CC3)cc2)cc1OCC. The Balaban J connectivity index is 1.63. The lowest BCUT2D eigenvalue weighted by Gasteiger charge is -2.16. The predicted molar refractivity (Wildman–Crippen MR) is 112 cm³/mol. The molecule has 1 unspecified atom stereocenters. The molecule has 0 saturated heterocycles. The maximum Gasteiger partial charge on any atom is 0.251 e. The van der Waals surface area contributed by atoms with Gasteiger partial charge in [-0.2, -0.15) is 0 Å². The fraction of sp³-hybridized carbons (Fsp3) is 0.391. The Kier molecular flexibility index (Phi) is 6.75. The third kappa shape index (κ3) is 5.50. The second kappa shape index (κ2) is 9.45. The Morgan fingerprint density at radius 2 is 1.66 bits per heavy atom. The summed E-state index contributed by atoms with van der Waals surface area (Å²) in [6.45, 7) is 6.74. The minimum atomic E-state index is -0.187. The fourth-order valence-corrected chi connectivity index (χ4v) is 3.00. The summed E-state index contributed by atoms with van der Waals surface area (Å²) in [5, 5.41) is 5.92. The molecule has 1 aliphatic rings. The first-order chi connectivity index (χ1) is 14.0. The van der Waals surface area contributed by atoms with Gasteiger partial charge in [0.2, 0.25) is 5.91 Å². The van der Waals surface area contributed by atoms with Crippen LogP contribution in [-0.2, 0) is 4.79 Å². The first-order valence-corrected chi connectivity index (χ1v) is 10.1. The van der Waals surface area contributed by atoms with Crippen molar-refractivity contribution in [2.75, 3.05) is 18.5 Å². The third-order valence-electron chi connectivity index (χ3n) is 4.78. The van der Waals surface area contributed by atoms with Crippen LogP contribution in [0.1, 0.15) is 55.6 Å². The highest BCUT2D eigenvalue weighted by Gasteiger charge is 2.29. The number of ether oxygens (including phenoxy) is 2. The molecule has 0 bridgehead atoms. The monoisotopic (exact) mass is 396 g/mol. The van der Waals surface area contributed by atoms with Gasteiger partial charge in [0.15, 0.2) is 11.5 Å². The summed E-state index contributed by atoms with van der Waals surface area (Å²) in [4.78, 5) is 24.5. The molecule has 1 fully saturated rings. The first-order valence-electron chi connectivity index (χ1n) is 10.1. The molecule has 6 nitrogen and oxygen atoms in total. The topological polar surface area (TPSA) is 76.7 Å². The summed E-state index contributed by atoms with van der Waals surface area (Å²) < 4.78 is 11.1. The largest absolute Gasteiger partial charge is 0.490 e. The normalized spacial score (nSPS) is 14.0. The van der Waals surface area contributed by atoms with Gasteiger partial charge in [-0.1, -0.05) is 12.1 Å². The van der Waals surface area contributed by atoms with Crippen LogP contribution in [-0.4, -0.2) is 25.0 Å². The number of hydrogen-bond donors (Lipinski definition) is 2. The van der Waals surface area contributed by atoms with E-state index in [0.29, 0.717) is 30.3 Å². The van der Waals surface area contributed by atoms with E-state index in [0.717, 1.165) is 24.1 Å². The molecule has 2 aromatic rings. The van der Waals surface area contributed by atoms with Gasteiger partial charge in [0.25, 0.3) is 5.91 Å². The van der Waals surface area contributed by atoms with Crippen LogP contribution >= 0.6 is 0 Å². The summed E-state index contributed by atoms with van der Waals surface area (Å²) in [6.07, 6.45) is 1.95. The molecule has 0 radical (unpaired) electrons. The maximum absolute atomic E-state index is 12.7. The zero-order chi connectivity index (χ0) is 20.8. The Morgan fingerprint density at radius 3 is 2.28 bits per heavy atom. The third-order valence-corrected chi connectivity index (χ3v) is 4.78. The van der Waals surface area contributed by atoms with Crippen molar-refractivity contribution in [3.8, 4) is 11.5 Å². The van der Waals surface area contributed by atoms with E-state index in [4.69, 9.17) is 9.47 Å². The molecule has 6 heteroatoms. The zero-order valence-electron chi connectivity index (χ0n) is 17.2. The second-order valence-corrected chi connectivity index (χ2v) is 7.11. The van der Waals surface area contributed by atoms with Gasteiger partial charge in [0, 0.05) is 17.2 Å². The van der Waals surface area contributed by atoms with Crippen LogP contribution in [0.15, 0.2) is 42.5 Å². The number of carbonyl (C=O) groups is 2. The van der Waals surface area contributed by atoms with Crippen LogP contribution in [0.5, 0.6) is 11.5 Å². The molecule has 0 heterocycles. The second-order valence-electron chi connectivity index (χ2n) is 7.11. The highest BCUT2D eigenvalue weighted by atomic mass is 16.5. The molecule has 2 N–H and O–H groups in total. The molecule has 2 aromatic carbocycles. The van der Waals surface area contributed by atoms with Crippen LogP contribution in [0.3, 0.4) is 0 Å². The van der Waals surface area contributed by atoms with E-state index in [1.54, 1.807) is 18.2 Å². The minimum absolute atomic E-state index is 0.0831. The van der Waals surface area contributed by atoms with Gasteiger partial charge in [-0.05, 0) is 69.5 Å². The first kappa shape index (κ1) is 20.7. The number of hydrogen-bond acceptors (Lipinski definition) is 4. The number of nitrogens with one attached hydrogen (secondary N) is 2. The van der Waals surface area contributed by atoms with Crippen LogP contribution in [0.25, 0.3) is 0 Å². The van der Waals surface area contributed by atoms with Crippen LogP contribution in [0.2, 0.25) is 0 Å². The molecule has 1 saturated carbocycles. The number of benzene rings is 2. The van der Waals surface area contributed by atoms with E-state index >= 15 is 0 Å². The fourth-order valence-electron chi connectivity index (χ4n) is 3.00. The average molecular weight is 396 g/mol. The van der Waals surface area contributed by atoms with Crippen molar-refractivity contribution in [3.63, 3.8) is 0 Å². The van der Waals surface area contributed by atoms with Gasteiger partial charge in [-0.25, -0.2) is 0 Å². The molecular formula is C23H28N2O4. The van der Waals surface area contributed by atoms with Crippen LogP contribution in [0.4, 0.5) is 5.69 Å². The van der Waals surface area contributed by atoms with Gasteiger partial charge in [0.05, 0.1) is 19.3 Å². The van der Waals surface area contributed by atoms with E-state index in [2.05, 4.69) is 10.6 Å². The Labute approximate surface area is 171 Å². The molecule has 154 valence electrons. The number of rotatable bonds is 9. The maximum atomic E-state index is 12.7. The van der Waals surface area contributed by atoms with Crippen molar-refractivity contribution >= 4 is 17.5 Å². The zero-order valence-corrected chi connectivity index (χ0v) is 17.2. The van der Waals surface area contributed by atoms with Crippen molar-refractivity contribution in [2.24, 2.45) is 5.92 Å². The summed E-state index contributed by atoms with van der Waals surface area (Å²) in [7, 11) is 0. The smallest absolute Gasteiger partial charge is 0.251 e. The standard InChI is InChI=1S/C23H28N2O4/c1-4-28-20-13-10-18(14-21(20)29-5-2)23(27)24-15(3)16-8-11-19(12-9-16)25-22(26)17-6-7-17/h8-15,17H,4-7H2,1-3H3,(H,24,27)(H,25,26). The van der Waals surface area contributed by atoms with Crippen LogP contribution in [0, 0.1) is 5.92 Å². The van der Waals surface area contributed by atoms with E-state index in [1.165, 1.54) is 0 Å². The van der Waals surface area contributed by atoms with Crippen molar-refractivity contribution in [3.05, 3.63) is 53.6 Å². The summed E-state index contributed by atoms with van der Waals surface area (Å²) in [5.41, 5.74) is 2.24. The Bertz CT molecular complexity index is 860. The quantitative estimate of drug-likeness (QED) is 0.662. The van der Waals surface area contributed by atoms with Gasteiger partial charge in [-0.3, -0.25) is 9.59 Å². The average Bonchev–Trinajstić information content (AvgIpc) is 3.55. The van der Waals surface area contributed by atoms with Gasteiger partial charge < -0.3 is 20.1 Å². The molecule has 0 aliphatic heterocycles. The highest BCUT2D eigenvalue weighted by Crippen LogP contribution is 2.31. The molecule has 0 aromatic heterocycles. The van der Waals surface area contributed by atoms with Crippen molar-refractivity contribution < 1.29 is 19.1 Å². The van der Waals surface area contributed by atoms with E-state index in [9.17, 15) is 9.59 Å². The number of anilines is 1. The van der Waals surface area contributed by atoms with Gasteiger partial charge >= 0.3 is 0 Å². The number of carbonyl (C=O) groups excluding carboxylic acids is 2. The molecule has 1 aliphatic carbocycles. The summed E-state index contributed by atoms with van der Waals surface area (Å²) in [6, 6.07) is 12.6. The lowest BCUT2D eigenvalue weighted by Crippen LogP contribution is -2.26. The van der Waals surface area contributed by atoms with E-state index in [-0.39, 0.29) is 23.8 Å². The lowest BCUT2D eigenvalue weighted by molar-refractivity contribution is -0.117. The van der Waals surface area contributed by atoms with Crippen molar-refractivity contribution in [2.45, 2.75) is 39.7 Å². The minimum Gasteiger partial charge on any atom is -0.490 e. The Morgan fingerprint density at radius 1 is 1.00 bits per heavy atom. The molecule has 1 atom stereocenters. The van der Waals surface area contributed by atoms with Crippen molar-refractivity contribution in [1.82, 2.24) is 5.32 Å². The molecule has 29 heavy (non-hydrogen) atoms. The number of amides is 2. The molecule has 0 spiro atoms. The van der Waals surface area contributed by atoms with E-state index < -0.39 is 0 Å². The van der Waals surface area contributed by atoms with Crippen LogP contribution < -0.4 is 20.1 Å². The molecular weight excluding hydrogens is 368 g/mol. The summed E-state index contributed by atoms with van der Waals surface area (Å²) in [5.74, 6) is 1.25. The van der Waals surface area contributed by atoms with E-state index in [1.807, 2.05) is 45.0 Å². The van der Waals surface area contributed by atoms with Gasteiger partial charge in [-0.15, -0.1) is 0 Å². The lowest BCUT2D eigenvalue weighted by atomic mass is 10.1. The summed E-state index contributed by atoms with van der Waals surface area (Å²) >= 11 is 0. The molecule has 2 amide bonds. The Hall–Kier alpha value is -3.02.